The molecular formula is C9H34N3Na2O18P. The summed E-state index contributed by atoms with van der Waals surface area (Å²) in [6, 6.07) is 1.38. The number of aliphatic hydroxyl groups excluding tert-OH is 1. The van der Waals surface area contributed by atoms with Gasteiger partial charge in [-0.15, -0.1) is 0 Å². The molecule has 21 nitrogen and oxygen atoms in total. The summed E-state index contributed by atoms with van der Waals surface area (Å²) in [5.41, 5.74) is 4.68. The second-order valence-corrected chi connectivity index (χ2v) is 5.37. The Bertz CT molecular complexity index is 608. The van der Waals surface area contributed by atoms with Crippen molar-refractivity contribution in [3.63, 3.8) is 0 Å². The van der Waals surface area contributed by atoms with Crippen LogP contribution in [0.5, 0.6) is 0 Å². The second kappa shape index (κ2) is 32.3. The molecule has 3 atom stereocenters. The van der Waals surface area contributed by atoms with Gasteiger partial charge in [-0.25, -0.2) is 4.79 Å². The van der Waals surface area contributed by atoms with Crippen molar-refractivity contribution in [3.05, 3.63) is 22.7 Å². The maximum absolute atomic E-state index is 11.6. The van der Waals surface area contributed by atoms with Crippen LogP contribution in [0.3, 0.4) is 0 Å². The number of phosphoric acid groups is 1. The molecule has 1 aliphatic heterocycles. The van der Waals surface area contributed by atoms with E-state index in [-0.39, 0.29) is 132 Å². The van der Waals surface area contributed by atoms with Crippen LogP contribution in [0.1, 0.15) is 12.6 Å². The summed E-state index contributed by atoms with van der Waals surface area (Å²) in [7, 11) is -5.14. The van der Waals surface area contributed by atoms with Gasteiger partial charge in [0.15, 0.2) is 0 Å². The zero-order valence-corrected chi connectivity index (χ0v) is 22.5. The Balaban J connectivity index is -0.0000000339. The van der Waals surface area contributed by atoms with Crippen molar-refractivity contribution in [2.45, 2.75) is 24.9 Å². The molecule has 0 spiro atoms. The van der Waals surface area contributed by atoms with Gasteiger partial charge in [0.2, 0.25) is 0 Å². The minimum Gasteiger partial charge on any atom is -0.790 e. The second-order valence-electron chi connectivity index (χ2n) is 4.22. The number of nitrogens with two attached hydrogens (primary N) is 1. The van der Waals surface area contributed by atoms with Gasteiger partial charge >= 0.3 is 64.8 Å². The Morgan fingerprint density at radius 2 is 1.48 bits per heavy atom. The van der Waals surface area contributed by atoms with Gasteiger partial charge in [0.05, 0.1) is 20.5 Å². The monoisotopic (exact) mass is 549 g/mol. The molecule has 2 rings (SSSR count). The van der Waals surface area contributed by atoms with Crippen molar-refractivity contribution in [1.29, 1.82) is 0 Å². The van der Waals surface area contributed by atoms with E-state index in [4.69, 9.17) is 10.5 Å². The molecule has 0 aromatic carbocycles. The maximum Gasteiger partial charge on any atom is 1.00 e. The molecule has 200 valence electrons. The first-order valence-corrected chi connectivity index (χ1v) is 7.07. The summed E-state index contributed by atoms with van der Waals surface area (Å²) in [6.07, 6.45) is -1.56. The van der Waals surface area contributed by atoms with Crippen LogP contribution in [0.2, 0.25) is 0 Å². The van der Waals surface area contributed by atoms with Gasteiger partial charge in [-0.1, -0.05) is 0 Å². The van der Waals surface area contributed by atoms with Gasteiger partial charge in [0.1, 0.15) is 18.1 Å². The van der Waals surface area contributed by atoms with E-state index in [1.54, 1.807) is 0 Å². The van der Waals surface area contributed by atoms with Crippen LogP contribution in [0.15, 0.2) is 17.1 Å². The molecule has 0 saturated carbocycles. The van der Waals surface area contributed by atoms with Crippen LogP contribution < -0.4 is 80.3 Å². The number of aliphatic hydroxyl groups is 1. The third-order valence-corrected chi connectivity index (χ3v) is 3.23. The number of anilines is 1. The van der Waals surface area contributed by atoms with Crippen LogP contribution >= 0.6 is 7.82 Å². The van der Waals surface area contributed by atoms with Crippen LogP contribution in [0.25, 0.3) is 0 Å². The number of hydrogen-bond donors (Lipinski definition) is 2. The molecule has 1 saturated heterocycles. The predicted octanol–water partition coefficient (Wildman–Crippen LogP) is -17.7. The number of rotatable bonds is 4. The zero-order chi connectivity index (χ0) is 14.9. The minimum atomic E-state index is -5.14. The van der Waals surface area contributed by atoms with E-state index in [2.05, 4.69) is 9.51 Å². The van der Waals surface area contributed by atoms with Crippen molar-refractivity contribution in [3.8, 4) is 0 Å². The molecule has 0 aliphatic carbocycles. The quantitative estimate of drug-likeness (QED) is 0.265. The average Bonchev–Trinajstić information content (AvgIpc) is 2.67. The van der Waals surface area contributed by atoms with E-state index < -0.39 is 38.6 Å². The van der Waals surface area contributed by atoms with E-state index >= 15 is 0 Å². The molecule has 1 aliphatic rings. The molecular weight excluding hydrogens is 515 g/mol. The van der Waals surface area contributed by atoms with Gasteiger partial charge < -0.3 is 94.7 Å². The molecule has 0 amide bonds. The van der Waals surface area contributed by atoms with E-state index in [1.165, 1.54) is 12.3 Å². The van der Waals surface area contributed by atoms with E-state index in [1.807, 2.05) is 0 Å². The molecule has 1 aromatic heterocycles. The van der Waals surface area contributed by atoms with Crippen molar-refractivity contribution in [1.82, 2.24) is 9.55 Å². The first-order chi connectivity index (χ1) is 9.26. The fourth-order valence-corrected chi connectivity index (χ4v) is 2.18. The van der Waals surface area contributed by atoms with Crippen LogP contribution in [0.4, 0.5) is 5.82 Å². The van der Waals surface area contributed by atoms with E-state index in [0.29, 0.717) is 0 Å². The Hall–Kier alpha value is 0.270. The third kappa shape index (κ3) is 23.8. The number of hydrogen-bond acceptors (Lipinski definition) is 9. The summed E-state index contributed by atoms with van der Waals surface area (Å²) >= 11 is 0. The van der Waals surface area contributed by atoms with Crippen LogP contribution in [0, 0.1) is 0 Å². The molecule has 1 aromatic rings. The number of nitrogens with zero attached hydrogens (tertiary/aromatic N) is 2. The standard InChI is InChI=1S/C9H14N3O7P.2Na.11H2O/c10-7-1-2-12(9(14)11-7)8-3-5(13)6(19-8)4-18-20(15,16)17;;;;;;;;;;;;;/h1-2,5-6,8,13H,3-4H2,(H2,10,11,14)(H2,15,16,17);;;11*1H2/q;2*+1;;;;;;;;;;;/p-2/t5-,6+,8+;;;;;;;;;;;;;/m0............./s1. The molecule has 25 N–H and O–H groups in total. The van der Waals surface area contributed by atoms with Gasteiger partial charge in [-0.2, -0.15) is 4.98 Å². The molecule has 0 unspecified atom stereocenters. The van der Waals surface area contributed by atoms with Gasteiger partial charge in [-0.3, -0.25) is 4.57 Å². The molecule has 33 heavy (non-hydrogen) atoms. The maximum atomic E-state index is 11.6. The summed E-state index contributed by atoms with van der Waals surface area (Å²) in [5, 5.41) is 9.70. The largest absolute Gasteiger partial charge is 1.00 e. The van der Waals surface area contributed by atoms with Crippen LogP contribution in [-0.4, -0.2) is 93.7 Å². The van der Waals surface area contributed by atoms with Crippen molar-refractivity contribution in [2.24, 2.45) is 0 Å². The molecule has 0 radical (unpaired) electrons. The summed E-state index contributed by atoms with van der Waals surface area (Å²) in [4.78, 5) is 35.8. The molecule has 2 heterocycles. The van der Waals surface area contributed by atoms with E-state index in [9.17, 15) is 24.3 Å². The Morgan fingerprint density at radius 1 is 1.06 bits per heavy atom. The first kappa shape index (κ1) is 76.6. The summed E-state index contributed by atoms with van der Waals surface area (Å²) in [5.74, 6) is 0.0447. The number of nitrogen functional groups attached to an aromatic ring is 1. The predicted molar refractivity (Wildman–Crippen MR) is 101 cm³/mol. The number of phosphoric ester groups is 1. The summed E-state index contributed by atoms with van der Waals surface area (Å²) < 4.78 is 20.8. The molecule has 24 heteroatoms. The normalized spacial score (nSPS) is 16.3. The summed E-state index contributed by atoms with van der Waals surface area (Å²) in [6.45, 7) is -0.612. The van der Waals surface area contributed by atoms with E-state index in [0.717, 1.165) is 4.57 Å². The molecule has 0 bridgehead atoms. The van der Waals surface area contributed by atoms with Gasteiger partial charge in [0.25, 0.3) is 0 Å². The topological polar surface area (TPSA) is 509 Å². The third-order valence-electron chi connectivity index (χ3n) is 2.76. The van der Waals surface area contributed by atoms with Gasteiger partial charge in [0, 0.05) is 12.6 Å². The molecule has 1 fully saturated rings. The number of ether oxygens (including phenoxy) is 1. The average molecular weight is 549 g/mol. The van der Waals surface area contributed by atoms with Crippen molar-refractivity contribution in [2.75, 3.05) is 12.3 Å². The Labute approximate surface area is 230 Å². The SMILES string of the molecule is Nc1ccn([C@H]2C[C@H](O)[C@@H](COP(=O)([O-])[O-])O2)c(=O)n1.O.O.O.O.O.O.O.O.O.O.O.[Na+].[Na+]. The number of aromatic nitrogens is 2. The van der Waals surface area contributed by atoms with Crippen molar-refractivity contribution < 1.29 is 148 Å². The Morgan fingerprint density at radius 3 is 1.85 bits per heavy atom. The van der Waals surface area contributed by atoms with Crippen molar-refractivity contribution >= 4 is 13.6 Å². The van der Waals surface area contributed by atoms with Crippen LogP contribution in [-0.2, 0) is 13.8 Å². The van der Waals surface area contributed by atoms with Gasteiger partial charge in [-0.05, 0) is 6.07 Å². The fraction of sp³-hybridized carbons (Fsp3) is 0.556. The minimum absolute atomic E-state index is 0. The smallest absolute Gasteiger partial charge is 0.790 e. The fourth-order valence-electron chi connectivity index (χ4n) is 1.85. The zero-order valence-electron chi connectivity index (χ0n) is 17.6. The first-order valence-electron chi connectivity index (χ1n) is 5.61. The Kier molecular flexibility index (Phi) is 74.9.